The van der Waals surface area contributed by atoms with Crippen molar-refractivity contribution in [2.24, 2.45) is 11.1 Å². The number of likely N-dealkylation sites (tertiary alicyclic amines) is 2. The van der Waals surface area contributed by atoms with Crippen LogP contribution in [0.2, 0.25) is 0 Å². The second-order valence-electron chi connectivity index (χ2n) is 7.69. The largest absolute Gasteiger partial charge is 0.352 e. The second-order valence-corrected chi connectivity index (χ2v) is 7.69. The molecule has 0 aliphatic carbocycles. The van der Waals surface area contributed by atoms with Crippen LogP contribution >= 0.6 is 0 Å². The van der Waals surface area contributed by atoms with E-state index < -0.39 is 6.03 Å². The highest BCUT2D eigenvalue weighted by atomic mass is 16.2. The van der Waals surface area contributed by atoms with Gasteiger partial charge in [0, 0.05) is 38.0 Å². The smallest absolute Gasteiger partial charge is 0.312 e. The number of carbonyl (C=O) groups excluding carboxylic acids is 3. The molecule has 0 bridgehead atoms. The van der Waals surface area contributed by atoms with Crippen molar-refractivity contribution in [3.8, 4) is 0 Å². The Morgan fingerprint density at radius 3 is 2.67 bits per heavy atom. The minimum Gasteiger partial charge on any atom is -0.352 e. The Bertz CT molecular complexity index is 694. The topological polar surface area (TPSA) is 95.7 Å². The molecule has 1 atom stereocenters. The lowest BCUT2D eigenvalue weighted by Crippen LogP contribution is -2.56. The maximum Gasteiger partial charge on any atom is 0.312 e. The van der Waals surface area contributed by atoms with Crippen LogP contribution in [0.1, 0.15) is 31.2 Å². The van der Waals surface area contributed by atoms with Gasteiger partial charge in [-0.05, 0) is 31.2 Å². The summed E-state index contributed by atoms with van der Waals surface area (Å²) in [4.78, 5) is 39.4. The molecular weight excluding hydrogens is 344 g/mol. The zero-order valence-corrected chi connectivity index (χ0v) is 15.7. The lowest BCUT2D eigenvalue weighted by Gasteiger charge is -2.48. The van der Waals surface area contributed by atoms with E-state index in [4.69, 9.17) is 5.73 Å². The van der Waals surface area contributed by atoms with E-state index in [9.17, 15) is 14.4 Å². The molecule has 1 aromatic rings. The predicted octanol–water partition coefficient (Wildman–Crippen LogP) is 1.13. The van der Waals surface area contributed by atoms with Crippen molar-refractivity contribution >= 4 is 17.8 Å². The van der Waals surface area contributed by atoms with Crippen molar-refractivity contribution in [1.82, 2.24) is 15.1 Å². The van der Waals surface area contributed by atoms with Gasteiger partial charge in [-0.1, -0.05) is 30.3 Å². The molecule has 7 nitrogen and oxygen atoms in total. The van der Waals surface area contributed by atoms with E-state index >= 15 is 0 Å². The number of benzene rings is 1. The molecule has 1 spiro atoms. The average Bonchev–Trinajstić information content (AvgIpc) is 2.68. The van der Waals surface area contributed by atoms with Gasteiger partial charge in [0.05, 0.1) is 6.54 Å². The van der Waals surface area contributed by atoms with Crippen molar-refractivity contribution in [1.29, 1.82) is 0 Å². The number of primary amides is 1. The number of hydrogen-bond donors (Lipinski definition) is 2. The first-order valence-corrected chi connectivity index (χ1v) is 9.60. The average molecular weight is 372 g/mol. The van der Waals surface area contributed by atoms with E-state index in [1.54, 1.807) is 0 Å². The molecule has 2 fully saturated rings. The first-order valence-electron chi connectivity index (χ1n) is 9.60. The van der Waals surface area contributed by atoms with E-state index in [-0.39, 0.29) is 23.8 Å². The summed E-state index contributed by atoms with van der Waals surface area (Å²) in [5, 5.41) is 2.37. The standard InChI is InChI=1S/C20H28N4O3/c21-19(27)22-13-18(26)23-11-4-9-20(14-23)10-7-17(25)24(15-20)12-8-16-5-2-1-3-6-16/h1-3,5-6H,4,7-15H2,(H3,21,22,27)/t20-/m0/s1. The Balaban J connectivity index is 1.60. The number of carbonyl (C=O) groups is 3. The van der Waals surface area contributed by atoms with Gasteiger partial charge in [0.1, 0.15) is 0 Å². The maximum atomic E-state index is 12.4. The third-order valence-corrected chi connectivity index (χ3v) is 5.69. The minimum absolute atomic E-state index is 0.0365. The van der Waals surface area contributed by atoms with Crippen LogP contribution in [0.25, 0.3) is 0 Å². The van der Waals surface area contributed by atoms with Crippen LogP contribution in [-0.4, -0.2) is 60.4 Å². The minimum atomic E-state index is -0.689. The molecule has 3 rings (SSSR count). The fraction of sp³-hybridized carbons (Fsp3) is 0.550. The first-order chi connectivity index (χ1) is 13.0. The number of amides is 4. The number of piperidine rings is 2. The highest BCUT2D eigenvalue weighted by molar-refractivity contribution is 5.83. The van der Waals surface area contributed by atoms with Gasteiger partial charge >= 0.3 is 6.03 Å². The van der Waals surface area contributed by atoms with Crippen LogP contribution in [0, 0.1) is 5.41 Å². The molecule has 2 aliphatic heterocycles. The molecule has 4 amide bonds. The second kappa shape index (κ2) is 8.41. The maximum absolute atomic E-state index is 12.4. The van der Waals surface area contributed by atoms with Crippen LogP contribution in [0.5, 0.6) is 0 Å². The van der Waals surface area contributed by atoms with Crippen molar-refractivity contribution in [2.45, 2.75) is 32.1 Å². The zero-order chi connectivity index (χ0) is 19.3. The van der Waals surface area contributed by atoms with Crippen molar-refractivity contribution < 1.29 is 14.4 Å². The molecule has 0 aromatic heterocycles. The lowest BCUT2D eigenvalue weighted by atomic mass is 9.73. The van der Waals surface area contributed by atoms with Gasteiger partial charge in [0.25, 0.3) is 0 Å². The SMILES string of the molecule is NC(=O)NCC(=O)N1CCC[C@]2(CCC(=O)N(CCc3ccccc3)C2)C1. The molecule has 27 heavy (non-hydrogen) atoms. The Hall–Kier alpha value is -2.57. The van der Waals surface area contributed by atoms with Gasteiger partial charge in [-0.2, -0.15) is 0 Å². The molecule has 7 heteroatoms. The summed E-state index contributed by atoms with van der Waals surface area (Å²) < 4.78 is 0. The van der Waals surface area contributed by atoms with Gasteiger partial charge in [0.2, 0.25) is 11.8 Å². The fourth-order valence-corrected chi connectivity index (χ4v) is 4.24. The van der Waals surface area contributed by atoms with Gasteiger partial charge in [-0.3, -0.25) is 9.59 Å². The monoisotopic (exact) mass is 372 g/mol. The Kier molecular flexibility index (Phi) is 5.98. The van der Waals surface area contributed by atoms with Gasteiger partial charge in [-0.25, -0.2) is 4.79 Å². The van der Waals surface area contributed by atoms with Gasteiger partial charge < -0.3 is 20.9 Å². The molecule has 1 aromatic carbocycles. The third-order valence-electron chi connectivity index (χ3n) is 5.69. The number of nitrogens with zero attached hydrogens (tertiary/aromatic N) is 2. The highest BCUT2D eigenvalue weighted by Gasteiger charge is 2.42. The van der Waals surface area contributed by atoms with E-state index in [2.05, 4.69) is 17.4 Å². The van der Waals surface area contributed by atoms with E-state index in [0.717, 1.165) is 25.7 Å². The number of nitrogens with one attached hydrogen (secondary N) is 1. The van der Waals surface area contributed by atoms with Gasteiger partial charge in [-0.15, -0.1) is 0 Å². The predicted molar refractivity (Wildman–Crippen MR) is 102 cm³/mol. The summed E-state index contributed by atoms with van der Waals surface area (Å²) in [6.07, 6.45) is 4.14. The van der Waals surface area contributed by atoms with E-state index in [1.807, 2.05) is 28.0 Å². The molecule has 2 aliphatic rings. The first kappa shape index (κ1) is 19.2. The van der Waals surface area contributed by atoms with Crippen molar-refractivity contribution in [2.75, 3.05) is 32.7 Å². The van der Waals surface area contributed by atoms with Crippen LogP contribution in [0.4, 0.5) is 4.79 Å². The Morgan fingerprint density at radius 1 is 1.15 bits per heavy atom. The van der Waals surface area contributed by atoms with E-state index in [0.29, 0.717) is 32.6 Å². The summed E-state index contributed by atoms with van der Waals surface area (Å²) in [6, 6.07) is 9.49. The summed E-state index contributed by atoms with van der Waals surface area (Å²) in [6.45, 7) is 2.68. The molecule has 0 radical (unpaired) electrons. The molecule has 2 saturated heterocycles. The normalized spacial score (nSPS) is 22.7. The Labute approximate surface area is 159 Å². The van der Waals surface area contributed by atoms with Crippen LogP contribution < -0.4 is 11.1 Å². The molecule has 3 N–H and O–H groups in total. The molecule has 0 saturated carbocycles. The molecule has 2 heterocycles. The summed E-state index contributed by atoms with van der Waals surface area (Å²) in [7, 11) is 0. The highest BCUT2D eigenvalue weighted by Crippen LogP contribution is 2.38. The number of urea groups is 1. The molecular formula is C20H28N4O3. The quantitative estimate of drug-likeness (QED) is 0.811. The van der Waals surface area contributed by atoms with Gasteiger partial charge in [0.15, 0.2) is 0 Å². The number of hydrogen-bond acceptors (Lipinski definition) is 3. The van der Waals surface area contributed by atoms with Crippen molar-refractivity contribution in [3.05, 3.63) is 35.9 Å². The summed E-state index contributed by atoms with van der Waals surface area (Å²) in [5.74, 6) is 0.0935. The summed E-state index contributed by atoms with van der Waals surface area (Å²) >= 11 is 0. The van der Waals surface area contributed by atoms with Crippen molar-refractivity contribution in [3.63, 3.8) is 0 Å². The lowest BCUT2D eigenvalue weighted by molar-refractivity contribution is -0.142. The fourth-order valence-electron chi connectivity index (χ4n) is 4.24. The number of rotatable bonds is 5. The Morgan fingerprint density at radius 2 is 1.93 bits per heavy atom. The van der Waals surface area contributed by atoms with E-state index in [1.165, 1.54) is 5.56 Å². The summed E-state index contributed by atoms with van der Waals surface area (Å²) in [5.41, 5.74) is 6.24. The molecule has 0 unspecified atom stereocenters. The van der Waals surface area contributed by atoms with Crippen LogP contribution in [-0.2, 0) is 16.0 Å². The number of nitrogens with two attached hydrogens (primary N) is 1. The third kappa shape index (κ3) is 4.99. The van der Waals surface area contributed by atoms with Crippen LogP contribution in [0.3, 0.4) is 0 Å². The van der Waals surface area contributed by atoms with Crippen LogP contribution in [0.15, 0.2) is 30.3 Å². The molecule has 146 valence electrons. The zero-order valence-electron chi connectivity index (χ0n) is 15.7.